The van der Waals surface area contributed by atoms with Crippen LogP contribution in [0.1, 0.15) is 119 Å². The van der Waals surface area contributed by atoms with Gasteiger partial charge in [0.2, 0.25) is 0 Å². The standard InChI is InChI=1S/C36H46N4.C22H14.Pt/c1-9-22-19-25-20-23-17-18-24(37-23)21-32-26(10-2)29(13-5)36(40(32)16-8)31(15-7)35-28(12-4)27(11-3)34(39-35)30(14-6)33(22)38-25;1-2-6-16-10-20-14-22-12-18-8-4-3-7-17(18)11-21(22)13-19(20)9-15(16)5-1;/h17-21,38H,9-16H2,1-8H3;1-14H;. The van der Waals surface area contributed by atoms with Crippen LogP contribution in [0.15, 0.2) is 103 Å². The van der Waals surface area contributed by atoms with Gasteiger partial charge in [-0.05, 0) is 190 Å². The third kappa shape index (κ3) is 7.90. The number of nitrogens with one attached hydrogen (secondary N) is 1. The minimum absolute atomic E-state index is 0. The first-order valence-corrected chi connectivity index (χ1v) is 23.3. The number of rotatable bonds is 8. The van der Waals surface area contributed by atoms with Crippen LogP contribution in [0.3, 0.4) is 0 Å². The minimum Gasteiger partial charge on any atom is -0.355 e. The summed E-state index contributed by atoms with van der Waals surface area (Å²) in [4.78, 5) is 14.4. The predicted octanol–water partition coefficient (Wildman–Crippen LogP) is 15.8. The molecule has 8 bridgehead atoms. The molecule has 0 spiro atoms. The van der Waals surface area contributed by atoms with E-state index in [1.165, 1.54) is 110 Å². The summed E-state index contributed by atoms with van der Waals surface area (Å²) < 4.78 is 2.55. The van der Waals surface area contributed by atoms with Crippen LogP contribution in [0.25, 0.3) is 88.5 Å². The predicted molar refractivity (Wildman–Crippen MR) is 270 cm³/mol. The maximum atomic E-state index is 5.61. The molecule has 0 saturated heterocycles. The van der Waals surface area contributed by atoms with E-state index in [9.17, 15) is 0 Å². The van der Waals surface area contributed by atoms with Crippen LogP contribution in [0.5, 0.6) is 0 Å². The molecule has 0 aliphatic carbocycles. The third-order valence-corrected chi connectivity index (χ3v) is 13.4. The monoisotopic (exact) mass is 1010 g/mol. The van der Waals surface area contributed by atoms with Crippen molar-refractivity contribution in [2.75, 3.05) is 0 Å². The van der Waals surface area contributed by atoms with Crippen LogP contribution in [0, 0.1) is 0 Å². The maximum Gasteiger partial charge on any atom is 0.0725 e. The zero-order valence-corrected chi connectivity index (χ0v) is 40.6. The molecule has 1 N–H and O–H groups in total. The van der Waals surface area contributed by atoms with Crippen molar-refractivity contribution < 1.29 is 21.1 Å². The van der Waals surface area contributed by atoms with Crippen molar-refractivity contribution in [3.05, 3.63) is 154 Å². The van der Waals surface area contributed by atoms with Gasteiger partial charge in [-0.1, -0.05) is 97.0 Å². The first-order valence-electron chi connectivity index (χ1n) is 23.3. The van der Waals surface area contributed by atoms with Crippen LogP contribution in [-0.4, -0.2) is 19.5 Å². The number of nitrogens with zero attached hydrogens (tertiary/aromatic N) is 3. The summed E-state index contributed by atoms with van der Waals surface area (Å²) in [6.45, 7) is 19.2. The zero-order chi connectivity index (χ0) is 43.1. The summed E-state index contributed by atoms with van der Waals surface area (Å²) in [7, 11) is 0. The Morgan fingerprint density at radius 1 is 0.444 bits per heavy atom. The fourth-order valence-electron chi connectivity index (χ4n) is 10.4. The van der Waals surface area contributed by atoms with Crippen molar-refractivity contribution in [1.29, 1.82) is 0 Å². The largest absolute Gasteiger partial charge is 0.355 e. The van der Waals surface area contributed by atoms with Crippen LogP contribution in [0.2, 0.25) is 0 Å². The second kappa shape index (κ2) is 18.6. The second-order valence-electron chi connectivity index (χ2n) is 16.8. The van der Waals surface area contributed by atoms with Gasteiger partial charge in [-0.2, -0.15) is 0 Å². The molecule has 3 aromatic heterocycles. The second-order valence-corrected chi connectivity index (χ2v) is 16.8. The molecule has 0 fully saturated rings. The Morgan fingerprint density at radius 2 is 0.905 bits per heavy atom. The van der Waals surface area contributed by atoms with E-state index in [4.69, 9.17) is 9.97 Å². The Hall–Kier alpha value is -5.57. The van der Waals surface area contributed by atoms with Crippen LogP contribution < -0.4 is 0 Å². The molecule has 0 atom stereocenters. The van der Waals surface area contributed by atoms with Gasteiger partial charge in [0.05, 0.1) is 28.3 Å². The van der Waals surface area contributed by atoms with Crippen molar-refractivity contribution >= 4 is 88.5 Å². The third-order valence-electron chi connectivity index (χ3n) is 13.4. The van der Waals surface area contributed by atoms with Gasteiger partial charge in [-0.3, -0.25) is 0 Å². The van der Waals surface area contributed by atoms with Gasteiger partial charge in [0, 0.05) is 55.3 Å². The fourth-order valence-corrected chi connectivity index (χ4v) is 10.4. The zero-order valence-electron chi connectivity index (χ0n) is 38.3. The van der Waals surface area contributed by atoms with Crippen molar-refractivity contribution in [1.82, 2.24) is 19.5 Å². The Labute approximate surface area is 387 Å². The number of hydrogen-bond donors (Lipinski definition) is 1. The van der Waals surface area contributed by atoms with Gasteiger partial charge < -0.3 is 9.55 Å². The van der Waals surface area contributed by atoms with Gasteiger partial charge in [-0.25, -0.2) is 9.97 Å². The van der Waals surface area contributed by atoms with E-state index in [-0.39, 0.29) is 21.1 Å². The number of H-pyrrole nitrogens is 1. The van der Waals surface area contributed by atoms with Crippen LogP contribution in [0.4, 0.5) is 0 Å². The van der Waals surface area contributed by atoms with Crippen molar-refractivity contribution in [3.63, 3.8) is 0 Å². The molecule has 0 amide bonds. The average molecular weight is 1010 g/mol. The molecule has 2 aliphatic heterocycles. The van der Waals surface area contributed by atoms with E-state index in [2.05, 4.69) is 180 Å². The first-order chi connectivity index (χ1) is 30.3. The van der Waals surface area contributed by atoms with Gasteiger partial charge in [0.1, 0.15) is 0 Å². The molecule has 5 aromatic carbocycles. The molecule has 5 heterocycles. The molecular formula is C58H60N4Pt. The Bertz CT molecular complexity index is 3100. The number of allylic oxidation sites excluding steroid dienone is 2. The molecule has 0 unspecified atom stereocenters. The smallest absolute Gasteiger partial charge is 0.0725 e. The Morgan fingerprint density at radius 3 is 1.35 bits per heavy atom. The number of benzene rings is 5. The van der Waals surface area contributed by atoms with E-state index in [0.29, 0.717) is 0 Å². The first kappa shape index (κ1) is 44.1. The molecule has 0 saturated carbocycles. The Balaban J connectivity index is 0.000000198. The summed E-state index contributed by atoms with van der Waals surface area (Å²) >= 11 is 0. The molecule has 10 rings (SSSR count). The summed E-state index contributed by atoms with van der Waals surface area (Å²) in [6, 6.07) is 37.7. The van der Waals surface area contributed by atoms with Gasteiger partial charge in [-0.15, -0.1) is 0 Å². The van der Waals surface area contributed by atoms with E-state index in [1.54, 1.807) is 0 Å². The average Bonchev–Trinajstić information content (AvgIpc) is 4.08. The molecule has 2 aliphatic rings. The van der Waals surface area contributed by atoms with Crippen LogP contribution >= 0.6 is 0 Å². The molecule has 4 nitrogen and oxygen atoms in total. The fraction of sp³-hybridized carbons (Fsp3) is 0.276. The van der Waals surface area contributed by atoms with Gasteiger partial charge in [0.25, 0.3) is 0 Å². The summed E-state index contributed by atoms with van der Waals surface area (Å²) in [5.74, 6) is 0. The molecule has 322 valence electrons. The van der Waals surface area contributed by atoms with Crippen molar-refractivity contribution in [3.8, 4) is 0 Å². The number of aryl methyl sites for hydroxylation is 6. The summed E-state index contributed by atoms with van der Waals surface area (Å²) in [5.41, 5.74) is 19.3. The summed E-state index contributed by atoms with van der Waals surface area (Å²) in [6.07, 6.45) is 11.2. The topological polar surface area (TPSA) is 46.5 Å². The number of fused-ring (bicyclic) bond motifs is 12. The van der Waals surface area contributed by atoms with Crippen molar-refractivity contribution in [2.45, 2.75) is 107 Å². The van der Waals surface area contributed by atoms with E-state index < -0.39 is 0 Å². The molecule has 8 aromatic rings. The van der Waals surface area contributed by atoms with Gasteiger partial charge in [0.15, 0.2) is 0 Å². The quantitative estimate of drug-likeness (QED) is 0.154. The SMILES string of the molecule is CCC1=C(CC)c2nc1c(CC)c1[nH]c(cc3nc(cc4c(CC)c(CC)c(c2CC)n4CC)C=C3)cc1CC.[Pt].c1ccc2cc3cc4cc5ccccc5cc4cc3cc2c1. The Kier molecular flexibility index (Phi) is 13.0. The number of hydrogen-bond acceptors (Lipinski definition) is 2. The van der Waals surface area contributed by atoms with Crippen molar-refractivity contribution in [2.24, 2.45) is 0 Å². The number of aromatic amines is 1. The minimum atomic E-state index is 0. The molecule has 5 heteroatoms. The van der Waals surface area contributed by atoms with E-state index >= 15 is 0 Å². The number of aromatic nitrogens is 4. The summed E-state index contributed by atoms with van der Waals surface area (Å²) in [5, 5.41) is 10.4. The maximum absolute atomic E-state index is 5.61. The van der Waals surface area contributed by atoms with Gasteiger partial charge >= 0.3 is 0 Å². The molecular weight excluding hydrogens is 948 g/mol. The normalized spacial score (nSPS) is 12.4. The van der Waals surface area contributed by atoms with Crippen LogP contribution in [-0.2, 0) is 59.7 Å². The molecule has 0 radical (unpaired) electrons. The molecule has 63 heavy (non-hydrogen) atoms. The van der Waals surface area contributed by atoms with E-state index in [0.717, 1.165) is 68.4 Å². The van der Waals surface area contributed by atoms with E-state index in [1.807, 2.05) is 0 Å².